The zero-order chi connectivity index (χ0) is 22.2. The molecule has 1 saturated carbocycles. The Hall–Kier alpha value is -3.59. The minimum absolute atomic E-state index is 0.543. The molecular weight excluding hydrogens is 406 g/mol. The molecule has 0 aliphatic heterocycles. The predicted octanol–water partition coefficient (Wildman–Crippen LogP) is 7.44. The summed E-state index contributed by atoms with van der Waals surface area (Å²) >= 11 is 0. The summed E-state index contributed by atoms with van der Waals surface area (Å²) in [6, 6.07) is 29.1. The molecule has 4 aromatic rings. The summed E-state index contributed by atoms with van der Waals surface area (Å²) in [6.45, 7) is 0. The number of fused-ring (bicyclic) bond motifs is 2. The van der Waals surface area contributed by atoms with E-state index in [4.69, 9.17) is 14.1 Å². The van der Waals surface area contributed by atoms with Gasteiger partial charge in [-0.05, 0) is 55.2 Å². The SMILES string of the molecule is COc1cccc(CC2=C(c3nc(-c4ccccc4)c(-c4ccccc4)o3)C3CCC2C3)c1. The molecule has 0 radical (unpaired) electrons. The van der Waals surface area contributed by atoms with Gasteiger partial charge in [-0.1, -0.05) is 78.4 Å². The Labute approximate surface area is 194 Å². The van der Waals surface area contributed by atoms with E-state index in [-0.39, 0.29) is 0 Å². The first-order valence-corrected chi connectivity index (χ1v) is 11.8. The third-order valence-electron chi connectivity index (χ3n) is 7.15. The van der Waals surface area contributed by atoms with Crippen LogP contribution >= 0.6 is 0 Å². The van der Waals surface area contributed by atoms with Gasteiger partial charge in [0.15, 0.2) is 5.76 Å². The topological polar surface area (TPSA) is 35.3 Å². The number of ether oxygens (including phenoxy) is 1. The molecule has 3 aromatic carbocycles. The Kier molecular flexibility index (Phi) is 5.10. The smallest absolute Gasteiger partial charge is 0.223 e. The van der Waals surface area contributed by atoms with Crippen molar-refractivity contribution >= 4 is 5.57 Å². The number of allylic oxidation sites excluding steroid dienone is 2. The van der Waals surface area contributed by atoms with E-state index < -0.39 is 0 Å². The second-order valence-electron chi connectivity index (χ2n) is 9.10. The van der Waals surface area contributed by atoms with E-state index in [1.807, 2.05) is 18.2 Å². The third-order valence-corrected chi connectivity index (χ3v) is 7.15. The fraction of sp³-hybridized carbons (Fsp3) is 0.233. The molecule has 6 rings (SSSR count). The Balaban J connectivity index is 1.48. The molecule has 2 unspecified atom stereocenters. The van der Waals surface area contributed by atoms with Crippen LogP contribution in [0.3, 0.4) is 0 Å². The average Bonchev–Trinajstić information content (AvgIpc) is 3.60. The molecule has 33 heavy (non-hydrogen) atoms. The van der Waals surface area contributed by atoms with Gasteiger partial charge in [-0.25, -0.2) is 4.98 Å². The van der Waals surface area contributed by atoms with Crippen LogP contribution in [-0.2, 0) is 6.42 Å². The molecule has 0 amide bonds. The molecule has 2 bridgehead atoms. The van der Waals surface area contributed by atoms with Crippen molar-refractivity contribution in [3.05, 3.63) is 102 Å². The highest BCUT2D eigenvalue weighted by Crippen LogP contribution is 2.54. The van der Waals surface area contributed by atoms with Gasteiger partial charge in [0.1, 0.15) is 11.4 Å². The van der Waals surface area contributed by atoms with Crippen molar-refractivity contribution in [2.75, 3.05) is 7.11 Å². The molecule has 1 heterocycles. The fourth-order valence-electron chi connectivity index (χ4n) is 5.61. The molecule has 1 aromatic heterocycles. The van der Waals surface area contributed by atoms with Gasteiger partial charge in [-0.2, -0.15) is 0 Å². The summed E-state index contributed by atoms with van der Waals surface area (Å²) in [5, 5.41) is 0. The zero-order valence-electron chi connectivity index (χ0n) is 18.8. The van der Waals surface area contributed by atoms with Crippen LogP contribution < -0.4 is 4.74 Å². The summed E-state index contributed by atoms with van der Waals surface area (Å²) in [7, 11) is 1.73. The molecule has 3 heteroatoms. The van der Waals surface area contributed by atoms with Crippen LogP contribution in [0, 0.1) is 11.8 Å². The van der Waals surface area contributed by atoms with E-state index in [1.54, 1.807) is 7.11 Å². The van der Waals surface area contributed by atoms with E-state index >= 15 is 0 Å². The Morgan fingerprint density at radius 2 is 1.58 bits per heavy atom. The van der Waals surface area contributed by atoms with Gasteiger partial charge in [-0.3, -0.25) is 0 Å². The molecule has 3 nitrogen and oxygen atoms in total. The van der Waals surface area contributed by atoms with E-state index in [9.17, 15) is 0 Å². The van der Waals surface area contributed by atoms with Crippen molar-refractivity contribution < 1.29 is 9.15 Å². The van der Waals surface area contributed by atoms with E-state index in [2.05, 4.69) is 66.7 Å². The number of aromatic nitrogens is 1. The molecule has 164 valence electrons. The number of oxazole rings is 1. The van der Waals surface area contributed by atoms with Gasteiger partial charge in [-0.15, -0.1) is 0 Å². The third kappa shape index (κ3) is 3.68. The van der Waals surface area contributed by atoms with Crippen LogP contribution in [0.4, 0.5) is 0 Å². The van der Waals surface area contributed by atoms with E-state index in [0.29, 0.717) is 11.8 Å². The van der Waals surface area contributed by atoms with Crippen LogP contribution in [0.1, 0.15) is 30.7 Å². The molecule has 0 N–H and O–H groups in total. The molecule has 2 atom stereocenters. The van der Waals surface area contributed by atoms with Gasteiger partial charge in [0.05, 0.1) is 7.11 Å². The number of methoxy groups -OCH3 is 1. The van der Waals surface area contributed by atoms with Crippen LogP contribution in [-0.4, -0.2) is 12.1 Å². The first kappa shape index (κ1) is 20.0. The second kappa shape index (κ2) is 8.40. The van der Waals surface area contributed by atoms with Crippen LogP contribution in [0.25, 0.3) is 28.2 Å². The summed E-state index contributed by atoms with van der Waals surface area (Å²) in [5.74, 6) is 3.74. The van der Waals surface area contributed by atoms with Crippen LogP contribution in [0.15, 0.2) is 94.9 Å². The molecule has 1 fully saturated rings. The molecule has 0 spiro atoms. The van der Waals surface area contributed by atoms with Crippen molar-refractivity contribution in [2.24, 2.45) is 11.8 Å². The summed E-state index contributed by atoms with van der Waals surface area (Å²) in [4.78, 5) is 5.13. The molecule has 2 aliphatic carbocycles. The van der Waals surface area contributed by atoms with Crippen molar-refractivity contribution in [2.45, 2.75) is 25.7 Å². The monoisotopic (exact) mass is 433 g/mol. The molecule has 0 saturated heterocycles. The lowest BCUT2D eigenvalue weighted by Crippen LogP contribution is -2.06. The number of hydrogen-bond acceptors (Lipinski definition) is 3. The van der Waals surface area contributed by atoms with Gasteiger partial charge in [0, 0.05) is 16.7 Å². The number of nitrogens with zero attached hydrogens (tertiary/aromatic N) is 1. The maximum Gasteiger partial charge on any atom is 0.223 e. The lowest BCUT2D eigenvalue weighted by atomic mass is 9.87. The lowest BCUT2D eigenvalue weighted by Gasteiger charge is -2.18. The lowest BCUT2D eigenvalue weighted by molar-refractivity contribution is 0.414. The van der Waals surface area contributed by atoms with Gasteiger partial charge >= 0.3 is 0 Å². The van der Waals surface area contributed by atoms with Crippen molar-refractivity contribution in [1.29, 1.82) is 0 Å². The Bertz CT molecular complexity index is 1250. The quantitative estimate of drug-likeness (QED) is 0.317. The number of benzene rings is 3. The highest BCUT2D eigenvalue weighted by molar-refractivity contribution is 5.80. The van der Waals surface area contributed by atoms with E-state index in [1.165, 1.54) is 36.0 Å². The first-order valence-electron chi connectivity index (χ1n) is 11.8. The fourth-order valence-corrected chi connectivity index (χ4v) is 5.61. The maximum atomic E-state index is 6.61. The normalized spacial score (nSPS) is 19.3. The minimum atomic E-state index is 0.543. The number of hydrogen-bond donors (Lipinski definition) is 0. The van der Waals surface area contributed by atoms with Gasteiger partial charge in [0.25, 0.3) is 0 Å². The minimum Gasteiger partial charge on any atom is -0.497 e. The molecule has 2 aliphatic rings. The summed E-state index contributed by atoms with van der Waals surface area (Å²) in [5.41, 5.74) is 7.20. The van der Waals surface area contributed by atoms with Crippen molar-refractivity contribution in [3.8, 4) is 28.3 Å². The van der Waals surface area contributed by atoms with Crippen molar-refractivity contribution in [1.82, 2.24) is 4.98 Å². The highest BCUT2D eigenvalue weighted by atomic mass is 16.5. The maximum absolute atomic E-state index is 6.61. The number of rotatable bonds is 6. The first-order chi connectivity index (χ1) is 16.3. The van der Waals surface area contributed by atoms with Gasteiger partial charge in [0.2, 0.25) is 5.89 Å². The van der Waals surface area contributed by atoms with Crippen LogP contribution in [0.5, 0.6) is 5.75 Å². The largest absolute Gasteiger partial charge is 0.497 e. The molecular formula is C30H27NO2. The zero-order valence-corrected chi connectivity index (χ0v) is 18.8. The van der Waals surface area contributed by atoms with E-state index in [0.717, 1.165) is 40.6 Å². The van der Waals surface area contributed by atoms with Gasteiger partial charge < -0.3 is 9.15 Å². The van der Waals surface area contributed by atoms with Crippen molar-refractivity contribution in [3.63, 3.8) is 0 Å². The summed E-state index contributed by atoms with van der Waals surface area (Å²) < 4.78 is 12.1. The standard InChI is InChI=1S/C30H27NO2/c1-32-25-14-8-9-20(17-25)18-26-23-15-16-24(19-23)27(26)30-31-28(21-10-4-2-5-11-21)29(33-30)22-12-6-3-7-13-22/h2-14,17,23-24H,15-16,18-19H2,1H3. The average molecular weight is 434 g/mol. The Morgan fingerprint density at radius 1 is 0.848 bits per heavy atom. The summed E-state index contributed by atoms with van der Waals surface area (Å²) in [6.07, 6.45) is 4.65. The Morgan fingerprint density at radius 3 is 2.33 bits per heavy atom. The predicted molar refractivity (Wildman–Crippen MR) is 132 cm³/mol. The second-order valence-corrected chi connectivity index (χ2v) is 9.10. The highest BCUT2D eigenvalue weighted by Gasteiger charge is 2.41. The van der Waals surface area contributed by atoms with Crippen LogP contribution in [0.2, 0.25) is 0 Å².